The molecule has 0 aliphatic heterocycles. The van der Waals surface area contributed by atoms with Crippen LogP contribution in [0.3, 0.4) is 0 Å². The number of pyridine rings is 1. The molecule has 1 heterocycles. The minimum atomic E-state index is -0.0805. The summed E-state index contributed by atoms with van der Waals surface area (Å²) in [4.78, 5) is 20.3. The Labute approximate surface area is 153 Å². The van der Waals surface area contributed by atoms with Crippen LogP contribution in [0.15, 0.2) is 47.5 Å². The Morgan fingerprint density at radius 2 is 2.00 bits per heavy atom. The summed E-state index contributed by atoms with van der Waals surface area (Å²) < 4.78 is 5.12. The minimum Gasteiger partial charge on any atom is -0.481 e. The number of aromatic nitrogens is 1. The zero-order valence-electron chi connectivity index (χ0n) is 15.4. The summed E-state index contributed by atoms with van der Waals surface area (Å²) in [5, 5.41) is 9.11. The molecule has 2 rings (SSSR count). The van der Waals surface area contributed by atoms with Crippen molar-refractivity contribution < 1.29 is 9.53 Å². The number of benzene rings is 1. The molecule has 2 aromatic rings. The van der Waals surface area contributed by atoms with Gasteiger partial charge < -0.3 is 20.7 Å². The van der Waals surface area contributed by atoms with Gasteiger partial charge in [-0.2, -0.15) is 0 Å². The molecule has 7 heteroatoms. The van der Waals surface area contributed by atoms with Gasteiger partial charge in [0.2, 0.25) is 5.88 Å². The molecule has 0 atom stereocenters. The van der Waals surface area contributed by atoms with Crippen LogP contribution in [0.4, 0.5) is 0 Å². The van der Waals surface area contributed by atoms with Crippen molar-refractivity contribution in [3.05, 3.63) is 59.3 Å². The van der Waals surface area contributed by atoms with Crippen molar-refractivity contribution >= 4 is 11.9 Å². The van der Waals surface area contributed by atoms with Crippen molar-refractivity contribution in [2.75, 3.05) is 27.7 Å². The van der Waals surface area contributed by atoms with Crippen LogP contribution in [0, 0.1) is 0 Å². The van der Waals surface area contributed by atoms with Gasteiger partial charge in [0.1, 0.15) is 0 Å². The minimum absolute atomic E-state index is 0.0805. The van der Waals surface area contributed by atoms with Crippen molar-refractivity contribution in [2.45, 2.75) is 13.0 Å². The lowest BCUT2D eigenvalue weighted by atomic mass is 10.1. The second-order valence-electron chi connectivity index (χ2n) is 5.55. The summed E-state index contributed by atoms with van der Waals surface area (Å²) >= 11 is 0. The number of rotatable bonds is 7. The molecule has 7 nitrogen and oxygen atoms in total. The highest BCUT2D eigenvalue weighted by Gasteiger charge is 2.04. The lowest BCUT2D eigenvalue weighted by Crippen LogP contribution is -2.38. The third kappa shape index (κ3) is 5.77. The van der Waals surface area contributed by atoms with Gasteiger partial charge in [0.05, 0.1) is 19.3 Å². The molecular weight excluding hydrogens is 330 g/mol. The Hall–Kier alpha value is -3.09. The van der Waals surface area contributed by atoms with Crippen LogP contribution in [0.1, 0.15) is 21.6 Å². The molecule has 0 saturated heterocycles. The van der Waals surface area contributed by atoms with Crippen LogP contribution < -0.4 is 20.7 Å². The van der Waals surface area contributed by atoms with Gasteiger partial charge in [0.25, 0.3) is 5.91 Å². The third-order valence-electron chi connectivity index (χ3n) is 3.77. The smallest absolute Gasteiger partial charge is 0.251 e. The molecule has 0 bridgehead atoms. The van der Waals surface area contributed by atoms with E-state index in [0.29, 0.717) is 30.5 Å². The molecule has 0 aliphatic carbocycles. The second-order valence-corrected chi connectivity index (χ2v) is 5.55. The molecule has 0 saturated carbocycles. The van der Waals surface area contributed by atoms with Crippen molar-refractivity contribution in [1.82, 2.24) is 20.9 Å². The quantitative estimate of drug-likeness (QED) is 0.516. The maximum atomic E-state index is 11.7. The summed E-state index contributed by atoms with van der Waals surface area (Å²) in [6.07, 6.45) is 0.781. The van der Waals surface area contributed by atoms with Crippen LogP contribution in [-0.4, -0.2) is 44.6 Å². The van der Waals surface area contributed by atoms with Gasteiger partial charge in [0, 0.05) is 32.3 Å². The Morgan fingerprint density at radius 3 is 2.73 bits per heavy atom. The molecule has 138 valence electrons. The fourth-order valence-electron chi connectivity index (χ4n) is 2.40. The maximum Gasteiger partial charge on any atom is 0.251 e. The topological polar surface area (TPSA) is 87.6 Å². The predicted octanol–water partition coefficient (Wildman–Crippen LogP) is 1.36. The highest BCUT2D eigenvalue weighted by molar-refractivity contribution is 5.94. The number of carbonyl (C=O) groups excluding carboxylic acids is 1. The number of ether oxygens (including phenoxy) is 1. The van der Waals surface area contributed by atoms with Gasteiger partial charge in [-0.3, -0.25) is 9.79 Å². The van der Waals surface area contributed by atoms with Gasteiger partial charge in [-0.1, -0.05) is 18.2 Å². The summed E-state index contributed by atoms with van der Waals surface area (Å²) in [6.45, 7) is 1.24. The second kappa shape index (κ2) is 10.0. The first kappa shape index (κ1) is 19.2. The Kier molecular flexibility index (Phi) is 7.42. The summed E-state index contributed by atoms with van der Waals surface area (Å²) in [7, 11) is 4.95. The Morgan fingerprint density at radius 1 is 1.19 bits per heavy atom. The number of nitrogens with zero attached hydrogens (tertiary/aromatic N) is 2. The van der Waals surface area contributed by atoms with Gasteiger partial charge in [0.15, 0.2) is 5.96 Å². The molecule has 0 radical (unpaired) electrons. The van der Waals surface area contributed by atoms with E-state index in [-0.39, 0.29) is 5.91 Å². The maximum absolute atomic E-state index is 11.7. The van der Waals surface area contributed by atoms with Crippen LogP contribution >= 0.6 is 0 Å². The van der Waals surface area contributed by atoms with E-state index < -0.39 is 0 Å². The molecule has 26 heavy (non-hydrogen) atoms. The average Bonchev–Trinajstić information content (AvgIpc) is 2.70. The monoisotopic (exact) mass is 355 g/mol. The number of hydrogen-bond donors (Lipinski definition) is 3. The first-order valence-corrected chi connectivity index (χ1v) is 8.41. The fraction of sp³-hybridized carbons (Fsp3) is 0.316. The van der Waals surface area contributed by atoms with Gasteiger partial charge in [-0.25, -0.2) is 4.98 Å². The summed E-state index contributed by atoms with van der Waals surface area (Å²) in [5.74, 6) is 1.20. The SMILES string of the molecule is CN=C(NCCc1cccc(C(=O)NC)c1)NCc1cccc(OC)n1. The summed E-state index contributed by atoms with van der Waals surface area (Å²) in [5.41, 5.74) is 2.62. The van der Waals surface area contributed by atoms with Gasteiger partial charge in [-0.05, 0) is 30.2 Å². The van der Waals surface area contributed by atoms with Crippen molar-refractivity contribution in [1.29, 1.82) is 0 Å². The van der Waals surface area contributed by atoms with E-state index in [1.807, 2.05) is 36.4 Å². The van der Waals surface area contributed by atoms with Crippen LogP contribution in [0.25, 0.3) is 0 Å². The van der Waals surface area contributed by atoms with Crippen LogP contribution in [-0.2, 0) is 13.0 Å². The summed E-state index contributed by atoms with van der Waals surface area (Å²) in [6, 6.07) is 13.2. The number of methoxy groups -OCH3 is 1. The van der Waals surface area contributed by atoms with Crippen molar-refractivity contribution in [2.24, 2.45) is 4.99 Å². The van der Waals surface area contributed by atoms with Crippen molar-refractivity contribution in [3.8, 4) is 5.88 Å². The molecule has 1 amide bonds. The molecule has 1 aromatic carbocycles. The zero-order chi connectivity index (χ0) is 18.8. The number of aliphatic imine (C=N–C) groups is 1. The van der Waals surface area contributed by atoms with Crippen molar-refractivity contribution in [3.63, 3.8) is 0 Å². The van der Waals surface area contributed by atoms with E-state index in [1.54, 1.807) is 27.3 Å². The first-order chi connectivity index (χ1) is 12.7. The zero-order valence-corrected chi connectivity index (χ0v) is 15.4. The van der Waals surface area contributed by atoms with E-state index in [0.717, 1.165) is 17.7 Å². The standard InChI is InChI=1S/C19H25N5O2/c1-20-18(25)15-7-4-6-14(12-15)10-11-22-19(21-2)23-13-16-8-5-9-17(24-16)26-3/h4-9,12H,10-11,13H2,1-3H3,(H,20,25)(H2,21,22,23). The van der Waals surface area contributed by atoms with E-state index in [4.69, 9.17) is 4.74 Å². The van der Waals surface area contributed by atoms with E-state index in [9.17, 15) is 4.79 Å². The molecule has 1 aromatic heterocycles. The number of nitrogens with one attached hydrogen (secondary N) is 3. The molecule has 3 N–H and O–H groups in total. The normalized spacial score (nSPS) is 11.0. The molecule has 0 spiro atoms. The molecular formula is C19H25N5O2. The molecule has 0 aliphatic rings. The lowest BCUT2D eigenvalue weighted by Gasteiger charge is -2.12. The largest absolute Gasteiger partial charge is 0.481 e. The third-order valence-corrected chi connectivity index (χ3v) is 3.77. The van der Waals surface area contributed by atoms with E-state index >= 15 is 0 Å². The highest BCUT2D eigenvalue weighted by atomic mass is 16.5. The van der Waals surface area contributed by atoms with E-state index in [2.05, 4.69) is 25.9 Å². The van der Waals surface area contributed by atoms with E-state index in [1.165, 1.54) is 0 Å². The average molecular weight is 355 g/mol. The Bertz CT molecular complexity index is 761. The first-order valence-electron chi connectivity index (χ1n) is 8.41. The Balaban J connectivity index is 1.82. The van der Waals surface area contributed by atoms with Crippen LogP contribution in [0.5, 0.6) is 5.88 Å². The van der Waals surface area contributed by atoms with Gasteiger partial charge in [-0.15, -0.1) is 0 Å². The number of carbonyl (C=O) groups is 1. The number of guanidine groups is 1. The fourth-order valence-corrected chi connectivity index (χ4v) is 2.40. The highest BCUT2D eigenvalue weighted by Crippen LogP contribution is 2.07. The van der Waals surface area contributed by atoms with Crippen LogP contribution in [0.2, 0.25) is 0 Å². The molecule has 0 unspecified atom stereocenters. The lowest BCUT2D eigenvalue weighted by molar-refractivity contribution is 0.0963. The predicted molar refractivity (Wildman–Crippen MR) is 103 cm³/mol. The number of hydrogen-bond acceptors (Lipinski definition) is 4. The number of amides is 1. The molecule has 0 fully saturated rings. The van der Waals surface area contributed by atoms with Gasteiger partial charge >= 0.3 is 0 Å².